The van der Waals surface area contributed by atoms with Gasteiger partial charge >= 0.3 is 0 Å². The largest absolute Gasteiger partial charge is 0.327 e. The van der Waals surface area contributed by atoms with Crippen LogP contribution in [0.15, 0.2) is 28.9 Å². The molecule has 0 saturated heterocycles. The topological polar surface area (TPSA) is 17.8 Å². The van der Waals surface area contributed by atoms with Gasteiger partial charge in [0.25, 0.3) is 0 Å². The van der Waals surface area contributed by atoms with Crippen molar-refractivity contribution in [2.75, 3.05) is 0 Å². The lowest BCUT2D eigenvalue weighted by molar-refractivity contribution is 0.417. The van der Waals surface area contributed by atoms with Crippen LogP contribution >= 0.6 is 15.9 Å². The molecule has 1 aliphatic heterocycles. The van der Waals surface area contributed by atoms with Crippen molar-refractivity contribution < 1.29 is 4.39 Å². The van der Waals surface area contributed by atoms with Crippen LogP contribution in [0.1, 0.15) is 19.0 Å². The quantitative estimate of drug-likeness (QED) is 0.777. The van der Waals surface area contributed by atoms with Crippen LogP contribution in [-0.2, 0) is 13.0 Å². The van der Waals surface area contributed by atoms with Crippen LogP contribution in [0, 0.1) is 11.7 Å². The molecular weight excluding hydrogens is 295 g/mol. The normalized spacial score (nSPS) is 18.7. The molecule has 3 rings (SSSR count). The molecule has 1 aromatic heterocycles. The van der Waals surface area contributed by atoms with Crippen LogP contribution in [0.2, 0.25) is 0 Å². The fraction of sp³-hybridized carbons (Fsp3) is 0.357. The van der Waals surface area contributed by atoms with Crippen LogP contribution in [-0.4, -0.2) is 9.55 Å². The number of hydrogen-bond acceptors (Lipinski definition) is 1. The van der Waals surface area contributed by atoms with E-state index in [1.165, 1.54) is 11.8 Å². The zero-order valence-corrected chi connectivity index (χ0v) is 11.7. The van der Waals surface area contributed by atoms with Crippen LogP contribution in [0.4, 0.5) is 4.39 Å². The lowest BCUT2D eigenvalue weighted by Crippen LogP contribution is -2.17. The second kappa shape index (κ2) is 4.50. The molecular formula is C14H14BrFN2. The standard InChI is InChI=1S/C14H14BrFN2/c1-9-6-7-18-12(8-9)13(15)17-14(18)10-4-2-3-5-11(10)16/h2-5,9H,6-8H2,1H3. The third kappa shape index (κ3) is 1.88. The lowest BCUT2D eigenvalue weighted by atomic mass is 9.98. The first kappa shape index (κ1) is 11.9. The summed E-state index contributed by atoms with van der Waals surface area (Å²) in [4.78, 5) is 4.50. The highest BCUT2D eigenvalue weighted by Crippen LogP contribution is 2.32. The SMILES string of the molecule is CC1CCn2c(-c3ccccc3F)nc(Br)c2C1. The third-order valence-corrected chi connectivity index (χ3v) is 4.16. The van der Waals surface area contributed by atoms with E-state index in [-0.39, 0.29) is 5.82 Å². The number of benzene rings is 1. The van der Waals surface area contributed by atoms with E-state index in [0.717, 1.165) is 29.8 Å². The van der Waals surface area contributed by atoms with E-state index in [9.17, 15) is 4.39 Å². The predicted molar refractivity (Wildman–Crippen MR) is 72.8 cm³/mol. The van der Waals surface area contributed by atoms with Crippen LogP contribution in [0.3, 0.4) is 0 Å². The average Bonchev–Trinajstić information content (AvgIpc) is 2.67. The van der Waals surface area contributed by atoms with Crippen LogP contribution < -0.4 is 0 Å². The van der Waals surface area contributed by atoms with Gasteiger partial charge in [-0.2, -0.15) is 0 Å². The summed E-state index contributed by atoms with van der Waals surface area (Å²) >= 11 is 3.50. The number of hydrogen-bond donors (Lipinski definition) is 0. The van der Waals surface area contributed by atoms with Crippen molar-refractivity contribution >= 4 is 15.9 Å². The van der Waals surface area contributed by atoms with Gasteiger partial charge < -0.3 is 4.57 Å². The fourth-order valence-electron chi connectivity index (χ4n) is 2.52. The maximum absolute atomic E-state index is 13.9. The van der Waals surface area contributed by atoms with Crippen LogP contribution in [0.25, 0.3) is 11.4 Å². The lowest BCUT2D eigenvalue weighted by Gasteiger charge is -2.22. The summed E-state index contributed by atoms with van der Waals surface area (Å²) < 4.78 is 16.9. The summed E-state index contributed by atoms with van der Waals surface area (Å²) in [7, 11) is 0. The minimum Gasteiger partial charge on any atom is -0.327 e. The minimum atomic E-state index is -0.212. The number of aromatic nitrogens is 2. The van der Waals surface area contributed by atoms with Gasteiger partial charge in [-0.05, 0) is 46.8 Å². The molecule has 1 aliphatic rings. The van der Waals surface area contributed by atoms with Gasteiger partial charge in [0.15, 0.2) is 0 Å². The molecule has 0 saturated carbocycles. The highest BCUT2D eigenvalue weighted by molar-refractivity contribution is 9.10. The van der Waals surface area contributed by atoms with Gasteiger partial charge in [0.1, 0.15) is 16.2 Å². The van der Waals surface area contributed by atoms with E-state index in [1.807, 2.05) is 6.07 Å². The van der Waals surface area contributed by atoms with E-state index in [1.54, 1.807) is 12.1 Å². The highest BCUT2D eigenvalue weighted by atomic mass is 79.9. The van der Waals surface area contributed by atoms with Gasteiger partial charge in [0.05, 0.1) is 11.3 Å². The maximum atomic E-state index is 13.9. The molecule has 18 heavy (non-hydrogen) atoms. The number of rotatable bonds is 1. The van der Waals surface area contributed by atoms with Crippen molar-refractivity contribution in [1.29, 1.82) is 0 Å². The molecule has 0 amide bonds. The molecule has 94 valence electrons. The van der Waals surface area contributed by atoms with Crippen molar-refractivity contribution in [3.8, 4) is 11.4 Å². The molecule has 2 nitrogen and oxygen atoms in total. The Morgan fingerprint density at radius 1 is 1.39 bits per heavy atom. The highest BCUT2D eigenvalue weighted by Gasteiger charge is 2.23. The van der Waals surface area contributed by atoms with Crippen molar-refractivity contribution in [2.24, 2.45) is 5.92 Å². The fourth-order valence-corrected chi connectivity index (χ4v) is 3.07. The predicted octanol–water partition coefficient (Wildman–Crippen LogP) is 4.03. The molecule has 2 heterocycles. The smallest absolute Gasteiger partial charge is 0.144 e. The summed E-state index contributed by atoms with van der Waals surface area (Å²) in [6.45, 7) is 3.16. The van der Waals surface area contributed by atoms with E-state index in [4.69, 9.17) is 0 Å². The Hall–Kier alpha value is -1.16. The molecule has 0 aliphatic carbocycles. The van der Waals surface area contributed by atoms with E-state index < -0.39 is 0 Å². The molecule has 2 aromatic rings. The summed E-state index contributed by atoms with van der Waals surface area (Å²) in [5.41, 5.74) is 1.77. The zero-order chi connectivity index (χ0) is 12.7. The maximum Gasteiger partial charge on any atom is 0.144 e. The molecule has 1 atom stereocenters. The number of nitrogens with zero attached hydrogens (tertiary/aromatic N) is 2. The molecule has 4 heteroatoms. The van der Waals surface area contributed by atoms with E-state index >= 15 is 0 Å². The monoisotopic (exact) mass is 308 g/mol. The van der Waals surface area contributed by atoms with E-state index in [0.29, 0.717) is 11.5 Å². The average molecular weight is 309 g/mol. The summed E-state index contributed by atoms with van der Waals surface area (Å²) in [5.74, 6) is 1.19. The third-order valence-electron chi connectivity index (χ3n) is 3.53. The number of fused-ring (bicyclic) bond motifs is 1. The molecule has 0 bridgehead atoms. The summed E-state index contributed by atoms with van der Waals surface area (Å²) in [6, 6.07) is 6.82. The number of imidazole rings is 1. The first-order valence-corrected chi connectivity index (χ1v) is 6.96. The summed E-state index contributed by atoms with van der Waals surface area (Å²) in [5, 5.41) is 0. The zero-order valence-electron chi connectivity index (χ0n) is 10.2. The second-order valence-electron chi connectivity index (χ2n) is 4.90. The Morgan fingerprint density at radius 3 is 2.94 bits per heavy atom. The van der Waals surface area contributed by atoms with Gasteiger partial charge in [-0.1, -0.05) is 19.1 Å². The molecule has 0 N–H and O–H groups in total. The first-order valence-electron chi connectivity index (χ1n) is 6.16. The molecule has 0 radical (unpaired) electrons. The van der Waals surface area contributed by atoms with E-state index in [2.05, 4.69) is 32.4 Å². The van der Waals surface area contributed by atoms with Gasteiger partial charge in [-0.25, -0.2) is 9.37 Å². The van der Waals surface area contributed by atoms with Crippen LogP contribution in [0.5, 0.6) is 0 Å². The summed E-state index contributed by atoms with van der Waals surface area (Å²) in [6.07, 6.45) is 2.12. The Labute approximate surface area is 114 Å². The van der Waals surface area contributed by atoms with Crippen molar-refractivity contribution in [1.82, 2.24) is 9.55 Å². The van der Waals surface area contributed by atoms with Gasteiger partial charge in [0, 0.05) is 6.54 Å². The number of halogens is 2. The Morgan fingerprint density at radius 2 is 2.17 bits per heavy atom. The molecule has 0 spiro atoms. The Bertz CT molecular complexity index is 591. The minimum absolute atomic E-state index is 0.212. The van der Waals surface area contributed by atoms with Gasteiger partial charge in [-0.15, -0.1) is 0 Å². The Balaban J connectivity index is 2.15. The molecule has 0 fully saturated rings. The molecule has 1 unspecified atom stereocenters. The first-order chi connectivity index (χ1) is 8.66. The Kier molecular flexibility index (Phi) is 2.98. The van der Waals surface area contributed by atoms with Crippen molar-refractivity contribution in [3.05, 3.63) is 40.4 Å². The van der Waals surface area contributed by atoms with Gasteiger partial charge in [-0.3, -0.25) is 0 Å². The van der Waals surface area contributed by atoms with Gasteiger partial charge in [0.2, 0.25) is 0 Å². The second-order valence-corrected chi connectivity index (χ2v) is 5.65. The van der Waals surface area contributed by atoms with Crippen molar-refractivity contribution in [3.63, 3.8) is 0 Å². The molecule has 1 aromatic carbocycles. The van der Waals surface area contributed by atoms with Crippen molar-refractivity contribution in [2.45, 2.75) is 26.3 Å².